The molecular formula is C20H22ClF3N4O4. The number of carbonyl (C=O) groups excluding carboxylic acids is 2. The molecule has 2 aromatic rings. The molecule has 0 radical (unpaired) electrons. The number of nitrogens with zero attached hydrogens (tertiary/aromatic N) is 3. The second-order valence-corrected chi connectivity index (χ2v) is 7.50. The van der Waals surface area contributed by atoms with E-state index in [1.165, 1.54) is 17.9 Å². The lowest BCUT2D eigenvalue weighted by Gasteiger charge is -2.36. The van der Waals surface area contributed by atoms with Crippen LogP contribution in [0.1, 0.15) is 24.2 Å². The molecule has 8 nitrogen and oxygen atoms in total. The summed E-state index contributed by atoms with van der Waals surface area (Å²) in [5.74, 6) is -0.849. The van der Waals surface area contributed by atoms with Crippen LogP contribution in [0, 0.1) is 0 Å². The first-order valence-electron chi connectivity index (χ1n) is 9.78. The van der Waals surface area contributed by atoms with Crippen molar-refractivity contribution in [2.75, 3.05) is 32.1 Å². The maximum Gasteiger partial charge on any atom is 0.408 e. The topological polar surface area (TPSA) is 85.7 Å². The fraction of sp³-hybridized carbons (Fsp3) is 0.450. The maximum atomic E-state index is 13.9. The maximum absolute atomic E-state index is 13.9. The highest BCUT2D eigenvalue weighted by atomic mass is 35.5. The predicted octanol–water partition coefficient (Wildman–Crippen LogP) is 3.21. The second-order valence-electron chi connectivity index (χ2n) is 7.07. The van der Waals surface area contributed by atoms with Crippen LogP contribution in [0.25, 0.3) is 0 Å². The van der Waals surface area contributed by atoms with Gasteiger partial charge >= 0.3 is 12.1 Å². The number of nitrogens with one attached hydrogen (secondary N) is 1. The van der Waals surface area contributed by atoms with Crippen molar-refractivity contribution in [3.63, 3.8) is 0 Å². The fourth-order valence-corrected chi connectivity index (χ4v) is 3.84. The molecular weight excluding hydrogens is 453 g/mol. The van der Waals surface area contributed by atoms with E-state index < -0.39 is 30.6 Å². The molecule has 1 aliphatic heterocycles. The van der Waals surface area contributed by atoms with E-state index in [1.54, 1.807) is 19.1 Å². The van der Waals surface area contributed by atoms with Gasteiger partial charge in [0.1, 0.15) is 18.3 Å². The number of anilines is 1. The molecule has 1 amide bonds. The van der Waals surface area contributed by atoms with Gasteiger partial charge in [-0.2, -0.15) is 18.3 Å². The third-order valence-corrected chi connectivity index (χ3v) is 5.19. The Morgan fingerprint density at radius 1 is 1.31 bits per heavy atom. The van der Waals surface area contributed by atoms with Gasteiger partial charge in [0.15, 0.2) is 0 Å². The van der Waals surface area contributed by atoms with Gasteiger partial charge in [0.2, 0.25) is 5.91 Å². The number of alkyl halides is 3. The smallest absolute Gasteiger partial charge is 0.408 e. The van der Waals surface area contributed by atoms with Crippen molar-refractivity contribution in [1.82, 2.24) is 14.7 Å². The van der Waals surface area contributed by atoms with E-state index in [-0.39, 0.29) is 31.7 Å². The minimum atomic E-state index is -4.63. The van der Waals surface area contributed by atoms with Crippen LogP contribution < -0.4 is 10.1 Å². The van der Waals surface area contributed by atoms with Gasteiger partial charge in [-0.1, -0.05) is 11.6 Å². The largest absolute Gasteiger partial charge is 0.495 e. The molecule has 0 spiro atoms. The Balaban J connectivity index is 1.80. The summed E-state index contributed by atoms with van der Waals surface area (Å²) in [6.07, 6.45) is -3.35. The molecule has 3 rings (SSSR count). The van der Waals surface area contributed by atoms with E-state index in [0.717, 1.165) is 11.1 Å². The second kappa shape index (κ2) is 9.78. The van der Waals surface area contributed by atoms with Gasteiger partial charge in [-0.25, -0.2) is 0 Å². The number of hydrogen-bond donors (Lipinski definition) is 1. The van der Waals surface area contributed by atoms with E-state index in [9.17, 15) is 22.8 Å². The van der Waals surface area contributed by atoms with Crippen LogP contribution in [0.2, 0.25) is 5.02 Å². The Morgan fingerprint density at radius 3 is 2.72 bits per heavy atom. The Hall–Kier alpha value is -2.79. The van der Waals surface area contributed by atoms with Crippen LogP contribution in [-0.4, -0.2) is 59.5 Å². The van der Waals surface area contributed by atoms with Crippen molar-refractivity contribution in [3.05, 3.63) is 40.7 Å². The number of benzene rings is 1. The molecule has 1 aromatic carbocycles. The fourth-order valence-electron chi connectivity index (χ4n) is 3.67. The van der Waals surface area contributed by atoms with Crippen molar-refractivity contribution in [1.29, 1.82) is 0 Å². The highest BCUT2D eigenvalue weighted by Crippen LogP contribution is 2.41. The molecule has 1 atom stereocenters. The highest BCUT2D eigenvalue weighted by Gasteiger charge is 2.49. The van der Waals surface area contributed by atoms with Gasteiger partial charge < -0.3 is 14.8 Å². The van der Waals surface area contributed by atoms with E-state index >= 15 is 0 Å². The number of esters is 1. The van der Waals surface area contributed by atoms with Crippen LogP contribution in [-0.2, 0) is 27.3 Å². The molecule has 0 fully saturated rings. The summed E-state index contributed by atoms with van der Waals surface area (Å²) in [6, 6.07) is 2.67. The van der Waals surface area contributed by atoms with Gasteiger partial charge in [0, 0.05) is 29.2 Å². The number of amides is 1. The minimum absolute atomic E-state index is 0.0363. The summed E-state index contributed by atoms with van der Waals surface area (Å²) in [5.41, 5.74) is 0.543. The van der Waals surface area contributed by atoms with E-state index in [4.69, 9.17) is 21.1 Å². The molecule has 12 heteroatoms. The van der Waals surface area contributed by atoms with E-state index in [1.807, 2.05) is 0 Å². The van der Waals surface area contributed by atoms with Crippen molar-refractivity contribution in [2.45, 2.75) is 32.1 Å². The van der Waals surface area contributed by atoms with Gasteiger partial charge in [-0.05, 0) is 25.1 Å². The number of ether oxygens (including phenoxy) is 2. The Kier molecular flexibility index (Phi) is 7.29. The number of aromatic nitrogens is 2. The lowest BCUT2D eigenvalue weighted by atomic mass is 9.98. The van der Waals surface area contributed by atoms with Crippen molar-refractivity contribution >= 4 is 29.2 Å². The number of rotatable bonds is 7. The predicted molar refractivity (Wildman–Crippen MR) is 110 cm³/mol. The Bertz CT molecular complexity index is 996. The number of carbonyl (C=O) groups is 2. The molecule has 1 aromatic heterocycles. The molecule has 174 valence electrons. The summed E-state index contributed by atoms with van der Waals surface area (Å²) >= 11 is 5.95. The number of hydrogen-bond acceptors (Lipinski definition) is 6. The van der Waals surface area contributed by atoms with E-state index in [0.29, 0.717) is 22.2 Å². The first-order chi connectivity index (χ1) is 15.1. The number of methoxy groups -OCH3 is 1. The zero-order chi connectivity index (χ0) is 23.5. The van der Waals surface area contributed by atoms with Gasteiger partial charge in [0.05, 0.1) is 32.1 Å². The molecule has 0 saturated carbocycles. The summed E-state index contributed by atoms with van der Waals surface area (Å²) in [6.45, 7) is 0.844. The van der Waals surface area contributed by atoms with Crippen molar-refractivity contribution in [3.8, 4) is 5.75 Å². The third-order valence-electron chi connectivity index (χ3n) is 4.95. The molecule has 0 saturated heterocycles. The molecule has 0 bridgehead atoms. The summed E-state index contributed by atoms with van der Waals surface area (Å²) in [4.78, 5) is 25.3. The van der Waals surface area contributed by atoms with Crippen LogP contribution in [0.4, 0.5) is 18.9 Å². The lowest BCUT2D eigenvalue weighted by molar-refractivity contribution is -0.191. The quantitative estimate of drug-likeness (QED) is 0.620. The summed E-state index contributed by atoms with van der Waals surface area (Å²) in [5, 5.41) is 7.03. The van der Waals surface area contributed by atoms with Crippen LogP contribution in [0.5, 0.6) is 5.75 Å². The minimum Gasteiger partial charge on any atom is -0.495 e. The highest BCUT2D eigenvalue weighted by molar-refractivity contribution is 6.31. The van der Waals surface area contributed by atoms with Crippen LogP contribution in [0.3, 0.4) is 0 Å². The molecule has 1 N–H and O–H groups in total. The van der Waals surface area contributed by atoms with Gasteiger partial charge in [-0.3, -0.25) is 19.2 Å². The lowest BCUT2D eigenvalue weighted by Crippen LogP contribution is -2.46. The first kappa shape index (κ1) is 23.9. The molecule has 0 aliphatic carbocycles. The number of halogens is 4. The Labute approximate surface area is 187 Å². The van der Waals surface area contributed by atoms with Crippen LogP contribution in [0.15, 0.2) is 24.4 Å². The van der Waals surface area contributed by atoms with Gasteiger partial charge in [0.25, 0.3) is 0 Å². The molecule has 1 unspecified atom stereocenters. The SMILES string of the molecule is CCOC(=O)CN1CCc2c(cnn2CC(=O)Nc2cc(Cl)ccc2OC)C1C(F)(F)F. The zero-order valence-electron chi connectivity index (χ0n) is 17.4. The Morgan fingerprint density at radius 2 is 2.06 bits per heavy atom. The first-order valence-corrected chi connectivity index (χ1v) is 10.2. The molecule has 2 heterocycles. The average Bonchev–Trinajstić information content (AvgIpc) is 3.09. The van der Waals surface area contributed by atoms with Gasteiger partial charge in [-0.15, -0.1) is 0 Å². The number of fused-ring (bicyclic) bond motifs is 1. The van der Waals surface area contributed by atoms with Crippen molar-refractivity contribution in [2.24, 2.45) is 0 Å². The van der Waals surface area contributed by atoms with E-state index in [2.05, 4.69) is 10.4 Å². The van der Waals surface area contributed by atoms with Crippen molar-refractivity contribution < 1.29 is 32.2 Å². The van der Waals surface area contributed by atoms with Crippen LogP contribution >= 0.6 is 11.6 Å². The zero-order valence-corrected chi connectivity index (χ0v) is 18.2. The standard InChI is InChI=1S/C20H22ClF3N4O4/c1-3-32-18(30)11-27-7-6-15-13(19(27)20(22,23)24)9-25-28(15)10-17(29)26-14-8-12(21)4-5-16(14)31-2/h4-5,8-9,19H,3,6-7,10-11H2,1-2H3,(H,26,29). The third kappa shape index (κ3) is 5.33. The summed E-state index contributed by atoms with van der Waals surface area (Å²) < 4.78 is 52.8. The monoisotopic (exact) mass is 474 g/mol. The normalized spacial score (nSPS) is 16.4. The molecule has 1 aliphatic rings. The molecule has 32 heavy (non-hydrogen) atoms. The average molecular weight is 475 g/mol. The summed E-state index contributed by atoms with van der Waals surface area (Å²) in [7, 11) is 1.43.